The van der Waals surface area contributed by atoms with Crippen LogP contribution in [0.15, 0.2) is 76.3 Å². The predicted molar refractivity (Wildman–Crippen MR) is 150 cm³/mol. The Balaban J connectivity index is 1.73. The highest BCUT2D eigenvalue weighted by Crippen LogP contribution is 2.30. The zero-order chi connectivity index (χ0) is 28.6. The number of carbonyl (C=O) groups excluding carboxylic acids is 2. The number of amides is 2. The highest BCUT2D eigenvalue weighted by Gasteiger charge is 2.19. The number of hydrogen-bond donors (Lipinski definition) is 2. The molecule has 0 saturated carbocycles. The molecule has 11 nitrogen and oxygen atoms in total. The van der Waals surface area contributed by atoms with E-state index >= 15 is 0 Å². The number of nitrogens with zero attached hydrogens (tertiary/aromatic N) is 2. The fraction of sp³-hybridized carbons (Fsp3) is 0.241. The molecule has 2 N–H and O–H groups in total. The van der Waals surface area contributed by atoms with E-state index in [0.29, 0.717) is 41.5 Å². The lowest BCUT2D eigenvalue weighted by atomic mass is 10.1. The number of benzene rings is 3. The molecule has 11 heteroatoms. The Morgan fingerprint density at radius 1 is 0.850 bits per heavy atom. The van der Waals surface area contributed by atoms with Gasteiger partial charge in [-0.25, -0.2) is 4.79 Å². The van der Waals surface area contributed by atoms with Crippen LogP contribution in [0.1, 0.15) is 15.9 Å². The van der Waals surface area contributed by atoms with Crippen molar-refractivity contribution in [2.24, 2.45) is 0 Å². The topological polar surface area (TPSA) is 130 Å². The third-order valence-electron chi connectivity index (χ3n) is 6.24. The molecular formula is C29H30N4O7. The van der Waals surface area contributed by atoms with Gasteiger partial charge in [0.1, 0.15) is 6.54 Å². The van der Waals surface area contributed by atoms with E-state index in [1.807, 2.05) is 6.07 Å². The lowest BCUT2D eigenvalue weighted by Gasteiger charge is -2.16. The van der Waals surface area contributed by atoms with Crippen LogP contribution >= 0.6 is 0 Å². The molecule has 0 aliphatic rings. The Morgan fingerprint density at radius 2 is 1.52 bits per heavy atom. The monoisotopic (exact) mass is 546 g/mol. The molecule has 0 bridgehead atoms. The summed E-state index contributed by atoms with van der Waals surface area (Å²) in [4.78, 5) is 52.5. The third kappa shape index (κ3) is 6.21. The number of ether oxygens (including phenoxy) is 3. The van der Waals surface area contributed by atoms with Gasteiger partial charge < -0.3 is 24.8 Å². The Kier molecular flexibility index (Phi) is 8.97. The van der Waals surface area contributed by atoms with Crippen LogP contribution in [-0.4, -0.2) is 55.4 Å². The van der Waals surface area contributed by atoms with Gasteiger partial charge in [-0.15, -0.1) is 0 Å². The van der Waals surface area contributed by atoms with Gasteiger partial charge in [-0.05, 0) is 35.9 Å². The summed E-state index contributed by atoms with van der Waals surface area (Å²) in [6.07, 6.45) is 0. The fourth-order valence-corrected chi connectivity index (χ4v) is 4.21. The number of rotatable bonds is 11. The maximum atomic E-state index is 13.7. The Hall–Kier alpha value is -4.90. The Morgan fingerprint density at radius 3 is 2.17 bits per heavy atom. The average Bonchev–Trinajstić information content (AvgIpc) is 2.97. The number of nitrogens with one attached hydrogen (secondary N) is 2. The van der Waals surface area contributed by atoms with Crippen LogP contribution in [0.2, 0.25) is 0 Å². The quantitative estimate of drug-likeness (QED) is 0.276. The second-order valence-electron chi connectivity index (χ2n) is 8.84. The molecule has 0 unspecified atom stereocenters. The van der Waals surface area contributed by atoms with Gasteiger partial charge in [0.25, 0.3) is 11.5 Å². The van der Waals surface area contributed by atoms with E-state index in [1.54, 1.807) is 55.6 Å². The summed E-state index contributed by atoms with van der Waals surface area (Å²) in [6.45, 7) is 0.338. The van der Waals surface area contributed by atoms with Crippen molar-refractivity contribution in [3.63, 3.8) is 0 Å². The van der Waals surface area contributed by atoms with E-state index in [1.165, 1.54) is 30.9 Å². The molecule has 0 spiro atoms. The summed E-state index contributed by atoms with van der Waals surface area (Å²) < 4.78 is 18.0. The minimum atomic E-state index is -0.672. The number of carbonyl (C=O) groups is 2. The van der Waals surface area contributed by atoms with Crippen LogP contribution in [0, 0.1) is 0 Å². The van der Waals surface area contributed by atoms with Crippen LogP contribution in [0.25, 0.3) is 10.9 Å². The Bertz CT molecular complexity index is 1630. The molecule has 0 fully saturated rings. The van der Waals surface area contributed by atoms with E-state index in [9.17, 15) is 19.2 Å². The smallest absolute Gasteiger partial charge is 0.332 e. The summed E-state index contributed by atoms with van der Waals surface area (Å²) in [5.41, 5.74) is 0.626. The minimum Gasteiger partial charge on any atom is -0.493 e. The molecule has 0 aliphatic heterocycles. The van der Waals surface area contributed by atoms with Gasteiger partial charge in [-0.1, -0.05) is 30.3 Å². The molecule has 0 atom stereocenters. The second-order valence-corrected chi connectivity index (χ2v) is 8.84. The van der Waals surface area contributed by atoms with Gasteiger partial charge in [0, 0.05) is 31.0 Å². The number of methoxy groups -OCH3 is 3. The second kappa shape index (κ2) is 12.8. The fourth-order valence-electron chi connectivity index (χ4n) is 4.21. The van der Waals surface area contributed by atoms with Gasteiger partial charge in [-0.2, -0.15) is 0 Å². The molecule has 0 radical (unpaired) electrons. The lowest BCUT2D eigenvalue weighted by molar-refractivity contribution is -0.116. The SMILES string of the molecule is COCCNC(=O)c1ccc(Cn2c(=O)c3cc(OC)c(OC)cc3n(CC(=O)Nc3ccccc3)c2=O)cc1. The van der Waals surface area contributed by atoms with Crippen molar-refractivity contribution in [1.82, 2.24) is 14.5 Å². The standard InChI is InChI=1S/C29H30N4O7/c1-38-14-13-30-27(35)20-11-9-19(10-12-20)17-33-28(36)22-15-24(39-2)25(40-3)16-23(22)32(29(33)37)18-26(34)31-21-7-5-4-6-8-21/h4-12,15-16H,13-14,17-18H2,1-3H3,(H,30,35)(H,31,34). The van der Waals surface area contributed by atoms with E-state index in [2.05, 4.69) is 10.6 Å². The number of fused-ring (bicyclic) bond motifs is 1. The molecule has 208 valence electrons. The van der Waals surface area contributed by atoms with E-state index in [-0.39, 0.29) is 29.9 Å². The zero-order valence-corrected chi connectivity index (χ0v) is 22.4. The van der Waals surface area contributed by atoms with Crippen molar-refractivity contribution in [1.29, 1.82) is 0 Å². The molecule has 0 saturated heterocycles. The summed E-state index contributed by atoms with van der Waals surface area (Å²) in [6, 6.07) is 18.4. The van der Waals surface area contributed by atoms with Crippen molar-refractivity contribution >= 4 is 28.4 Å². The minimum absolute atomic E-state index is 0.0756. The van der Waals surface area contributed by atoms with Crippen molar-refractivity contribution in [2.45, 2.75) is 13.1 Å². The normalized spacial score (nSPS) is 10.8. The number of para-hydroxylation sites is 1. The van der Waals surface area contributed by atoms with Crippen LogP contribution < -0.4 is 31.4 Å². The van der Waals surface area contributed by atoms with Crippen molar-refractivity contribution < 1.29 is 23.8 Å². The summed E-state index contributed by atoms with van der Waals surface area (Å²) in [7, 11) is 4.43. The van der Waals surface area contributed by atoms with Crippen molar-refractivity contribution in [2.75, 3.05) is 39.8 Å². The van der Waals surface area contributed by atoms with Gasteiger partial charge in [0.05, 0.1) is 38.3 Å². The number of aromatic nitrogens is 2. The van der Waals surface area contributed by atoms with E-state index in [0.717, 1.165) is 4.57 Å². The molecule has 1 heterocycles. The van der Waals surface area contributed by atoms with Crippen LogP contribution in [0.4, 0.5) is 5.69 Å². The first-order chi connectivity index (χ1) is 19.4. The maximum Gasteiger partial charge on any atom is 0.332 e. The predicted octanol–water partition coefficient (Wildman–Crippen LogP) is 2.24. The lowest BCUT2D eigenvalue weighted by Crippen LogP contribution is -2.42. The molecule has 2 amide bonds. The number of anilines is 1. The third-order valence-corrected chi connectivity index (χ3v) is 6.24. The first-order valence-electron chi connectivity index (χ1n) is 12.5. The first kappa shape index (κ1) is 28.1. The summed E-state index contributed by atoms with van der Waals surface area (Å²) in [5.74, 6) is -0.0951. The van der Waals surface area contributed by atoms with Gasteiger partial charge in [-0.3, -0.25) is 23.5 Å². The molecular weight excluding hydrogens is 516 g/mol. The summed E-state index contributed by atoms with van der Waals surface area (Å²) >= 11 is 0. The van der Waals surface area contributed by atoms with Crippen LogP contribution in [0.5, 0.6) is 11.5 Å². The summed E-state index contributed by atoms with van der Waals surface area (Å²) in [5, 5.41) is 5.68. The Labute approximate surface area is 229 Å². The van der Waals surface area contributed by atoms with Crippen LogP contribution in [-0.2, 0) is 22.6 Å². The zero-order valence-electron chi connectivity index (χ0n) is 22.4. The highest BCUT2D eigenvalue weighted by atomic mass is 16.5. The molecule has 3 aromatic carbocycles. The van der Waals surface area contributed by atoms with E-state index < -0.39 is 17.2 Å². The molecule has 4 rings (SSSR count). The molecule has 0 aliphatic carbocycles. The van der Waals surface area contributed by atoms with E-state index in [4.69, 9.17) is 14.2 Å². The van der Waals surface area contributed by atoms with Crippen molar-refractivity contribution in [3.05, 3.63) is 98.7 Å². The largest absolute Gasteiger partial charge is 0.493 e. The van der Waals surface area contributed by atoms with Crippen molar-refractivity contribution in [3.8, 4) is 11.5 Å². The van der Waals surface area contributed by atoms with Gasteiger partial charge >= 0.3 is 5.69 Å². The highest BCUT2D eigenvalue weighted by molar-refractivity contribution is 5.94. The number of hydrogen-bond acceptors (Lipinski definition) is 7. The first-order valence-corrected chi connectivity index (χ1v) is 12.5. The van der Waals surface area contributed by atoms with Gasteiger partial charge in [0.15, 0.2) is 11.5 Å². The van der Waals surface area contributed by atoms with Gasteiger partial charge in [0.2, 0.25) is 5.91 Å². The average molecular weight is 547 g/mol. The molecule has 40 heavy (non-hydrogen) atoms. The molecule has 1 aromatic heterocycles. The molecule has 4 aromatic rings. The maximum absolute atomic E-state index is 13.7. The van der Waals surface area contributed by atoms with Crippen LogP contribution in [0.3, 0.4) is 0 Å².